The first-order valence-electron chi connectivity index (χ1n) is 9.00. The summed E-state index contributed by atoms with van der Waals surface area (Å²) >= 11 is 1.22. The lowest BCUT2D eigenvalue weighted by molar-refractivity contribution is 0.0531. The Morgan fingerprint density at radius 1 is 1.26 bits per heavy atom. The molecule has 0 unspecified atom stereocenters. The first-order chi connectivity index (χ1) is 13.0. The number of aromatic nitrogens is 1. The van der Waals surface area contributed by atoms with Crippen LogP contribution in [0.3, 0.4) is 0 Å². The molecule has 2 aromatic heterocycles. The number of anilines is 1. The van der Waals surface area contributed by atoms with Gasteiger partial charge in [-0.15, -0.1) is 11.3 Å². The third kappa shape index (κ3) is 3.73. The lowest BCUT2D eigenvalue weighted by atomic mass is 10.1. The molecule has 0 bridgehead atoms. The molecule has 142 valence electrons. The van der Waals surface area contributed by atoms with E-state index < -0.39 is 0 Å². The number of fused-ring (bicyclic) bond motifs is 1. The van der Waals surface area contributed by atoms with Crippen LogP contribution in [0.15, 0.2) is 28.7 Å². The Balaban J connectivity index is 2.05. The van der Waals surface area contributed by atoms with Crippen LogP contribution in [0.25, 0.3) is 21.5 Å². The van der Waals surface area contributed by atoms with Crippen LogP contribution in [-0.4, -0.2) is 30.6 Å². The van der Waals surface area contributed by atoms with Gasteiger partial charge in [0.1, 0.15) is 15.5 Å². The largest absolute Gasteiger partial charge is 0.462 e. The summed E-state index contributed by atoms with van der Waals surface area (Å²) in [6.07, 6.45) is 0. The number of carbonyl (C=O) groups is 1. The summed E-state index contributed by atoms with van der Waals surface area (Å²) in [5, 5.41) is 9.77. The Morgan fingerprint density at radius 2 is 2.00 bits per heavy atom. The lowest BCUT2D eigenvalue weighted by Gasteiger charge is -2.21. The van der Waals surface area contributed by atoms with E-state index in [1.165, 1.54) is 11.3 Å². The van der Waals surface area contributed by atoms with Gasteiger partial charge in [0.25, 0.3) is 0 Å². The lowest BCUT2D eigenvalue weighted by Crippen LogP contribution is -2.21. The zero-order chi connectivity index (χ0) is 19.6. The van der Waals surface area contributed by atoms with E-state index in [0.29, 0.717) is 33.3 Å². The number of ether oxygens (including phenoxy) is 1. The van der Waals surface area contributed by atoms with Crippen LogP contribution in [0.2, 0.25) is 0 Å². The van der Waals surface area contributed by atoms with Gasteiger partial charge in [-0.05, 0) is 45.9 Å². The predicted octanol–water partition coefficient (Wildman–Crippen LogP) is 4.37. The number of esters is 1. The number of hydrogen-bond acceptors (Lipinski definition) is 7. The van der Waals surface area contributed by atoms with E-state index in [4.69, 9.17) is 14.6 Å². The van der Waals surface area contributed by atoms with E-state index >= 15 is 0 Å². The summed E-state index contributed by atoms with van der Waals surface area (Å²) in [5.41, 5.74) is 2.93. The smallest absolute Gasteiger partial charge is 0.350 e. The molecule has 0 radical (unpaired) electrons. The quantitative estimate of drug-likeness (QED) is 0.638. The fourth-order valence-electron chi connectivity index (χ4n) is 2.96. The fraction of sp³-hybridized carbons (Fsp3) is 0.350. The van der Waals surface area contributed by atoms with Crippen molar-refractivity contribution in [1.82, 2.24) is 4.98 Å². The molecule has 0 aliphatic carbocycles. The maximum absolute atomic E-state index is 12.0. The van der Waals surface area contributed by atoms with Crippen molar-refractivity contribution in [1.29, 1.82) is 5.41 Å². The van der Waals surface area contributed by atoms with Crippen LogP contribution in [0, 0.1) is 12.3 Å². The molecule has 7 heteroatoms. The molecule has 0 aliphatic rings. The standard InChI is InChI=1S/C20H23N3O3S/c1-5-23(6-2)14-9-8-13-10-15(18(21)26-16(13)11-14)19-22-12(4)17(27-19)20(24)25-7-3/h8-11,21H,5-7H2,1-4H3. The van der Waals surface area contributed by atoms with Crippen molar-refractivity contribution in [3.63, 3.8) is 0 Å². The summed E-state index contributed by atoms with van der Waals surface area (Å²) < 4.78 is 10.8. The van der Waals surface area contributed by atoms with Gasteiger partial charge in [0, 0.05) is 30.2 Å². The Morgan fingerprint density at radius 3 is 2.67 bits per heavy atom. The van der Waals surface area contributed by atoms with Crippen molar-refractivity contribution in [2.24, 2.45) is 0 Å². The highest BCUT2D eigenvalue weighted by Crippen LogP contribution is 2.29. The number of nitrogens with one attached hydrogen (secondary N) is 1. The molecule has 0 amide bonds. The van der Waals surface area contributed by atoms with Gasteiger partial charge in [-0.2, -0.15) is 0 Å². The number of rotatable bonds is 6. The fourth-order valence-corrected chi connectivity index (χ4v) is 3.93. The van der Waals surface area contributed by atoms with E-state index in [1.54, 1.807) is 13.8 Å². The topological polar surface area (TPSA) is 79.4 Å². The zero-order valence-electron chi connectivity index (χ0n) is 16.0. The second-order valence-corrected chi connectivity index (χ2v) is 7.04. The van der Waals surface area contributed by atoms with Crippen LogP contribution >= 0.6 is 11.3 Å². The second-order valence-electron chi connectivity index (χ2n) is 6.04. The van der Waals surface area contributed by atoms with Crippen LogP contribution in [0.5, 0.6) is 0 Å². The monoisotopic (exact) mass is 385 g/mol. The highest BCUT2D eigenvalue weighted by molar-refractivity contribution is 7.17. The first kappa shape index (κ1) is 19.1. The summed E-state index contributed by atoms with van der Waals surface area (Å²) in [4.78, 5) is 19.2. The molecule has 0 saturated carbocycles. The van der Waals surface area contributed by atoms with Crippen LogP contribution in [0.4, 0.5) is 5.69 Å². The summed E-state index contributed by atoms with van der Waals surface area (Å²) in [6, 6.07) is 7.89. The van der Waals surface area contributed by atoms with Gasteiger partial charge in [0.2, 0.25) is 5.55 Å². The number of hydrogen-bond donors (Lipinski definition) is 1. The van der Waals surface area contributed by atoms with Crippen molar-refractivity contribution < 1.29 is 13.9 Å². The van der Waals surface area contributed by atoms with Crippen molar-refractivity contribution >= 4 is 34.0 Å². The van der Waals surface area contributed by atoms with Gasteiger partial charge in [-0.3, -0.25) is 5.41 Å². The van der Waals surface area contributed by atoms with Gasteiger partial charge >= 0.3 is 5.97 Å². The van der Waals surface area contributed by atoms with Crippen molar-refractivity contribution in [3.8, 4) is 10.6 Å². The summed E-state index contributed by atoms with van der Waals surface area (Å²) in [7, 11) is 0. The first-order valence-corrected chi connectivity index (χ1v) is 9.82. The van der Waals surface area contributed by atoms with E-state index in [2.05, 4.69) is 29.8 Å². The predicted molar refractivity (Wildman–Crippen MR) is 107 cm³/mol. The van der Waals surface area contributed by atoms with Gasteiger partial charge in [-0.25, -0.2) is 9.78 Å². The van der Waals surface area contributed by atoms with Crippen LogP contribution in [0.1, 0.15) is 36.1 Å². The minimum atomic E-state index is -0.383. The average Bonchev–Trinajstić information content (AvgIpc) is 3.04. The highest BCUT2D eigenvalue weighted by atomic mass is 32.1. The van der Waals surface area contributed by atoms with E-state index in [1.807, 2.05) is 18.2 Å². The number of aryl methyl sites for hydroxylation is 1. The molecule has 0 spiro atoms. The third-order valence-electron chi connectivity index (χ3n) is 4.37. The Labute approximate surface area is 161 Å². The molecule has 6 nitrogen and oxygen atoms in total. The molecule has 0 aliphatic heterocycles. The van der Waals surface area contributed by atoms with E-state index in [9.17, 15) is 4.79 Å². The third-order valence-corrected chi connectivity index (χ3v) is 5.54. The minimum Gasteiger partial charge on any atom is -0.462 e. The van der Waals surface area contributed by atoms with Gasteiger partial charge in [-0.1, -0.05) is 0 Å². The molecule has 3 aromatic rings. The van der Waals surface area contributed by atoms with Gasteiger partial charge in [0.15, 0.2) is 0 Å². The maximum atomic E-state index is 12.0. The number of carbonyl (C=O) groups excluding carboxylic acids is 1. The summed E-state index contributed by atoms with van der Waals surface area (Å²) in [5.74, 6) is -0.383. The minimum absolute atomic E-state index is 0.0309. The molecule has 1 aromatic carbocycles. The number of thiazole rings is 1. The highest BCUT2D eigenvalue weighted by Gasteiger charge is 2.19. The second kappa shape index (κ2) is 7.92. The van der Waals surface area contributed by atoms with Gasteiger partial charge < -0.3 is 14.1 Å². The van der Waals surface area contributed by atoms with Crippen molar-refractivity contribution in [2.45, 2.75) is 27.7 Å². The van der Waals surface area contributed by atoms with E-state index in [-0.39, 0.29) is 11.5 Å². The van der Waals surface area contributed by atoms with E-state index in [0.717, 1.165) is 24.2 Å². The maximum Gasteiger partial charge on any atom is 0.350 e. The Kier molecular flexibility index (Phi) is 5.60. The van der Waals surface area contributed by atoms with Gasteiger partial charge in [0.05, 0.1) is 17.9 Å². The Bertz CT molecular complexity index is 1030. The van der Waals surface area contributed by atoms with Crippen molar-refractivity contribution in [3.05, 3.63) is 40.4 Å². The van der Waals surface area contributed by atoms with Crippen LogP contribution < -0.4 is 10.5 Å². The molecule has 27 heavy (non-hydrogen) atoms. The molecule has 0 saturated heterocycles. The SMILES string of the molecule is CCOC(=O)c1sc(-c2cc3ccc(N(CC)CC)cc3oc2=N)nc1C. The molecule has 3 rings (SSSR count). The van der Waals surface area contributed by atoms with Crippen molar-refractivity contribution in [2.75, 3.05) is 24.6 Å². The molecule has 1 N–H and O–H groups in total. The average molecular weight is 385 g/mol. The molecular formula is C20H23N3O3S. The molecule has 0 fully saturated rings. The normalized spacial score (nSPS) is 11.0. The van der Waals surface area contributed by atoms with Crippen LogP contribution in [-0.2, 0) is 4.74 Å². The number of nitrogens with zero attached hydrogens (tertiary/aromatic N) is 2. The zero-order valence-corrected chi connectivity index (χ0v) is 16.8. The Hall–Kier alpha value is -2.67. The number of benzene rings is 1. The molecule has 2 heterocycles. The molecular weight excluding hydrogens is 362 g/mol. The molecule has 0 atom stereocenters. The summed E-state index contributed by atoms with van der Waals surface area (Å²) in [6.45, 7) is 9.88.